The van der Waals surface area contributed by atoms with Crippen LogP contribution in [0.5, 0.6) is 0 Å². The second kappa shape index (κ2) is 9.19. The Labute approximate surface area is 229 Å². The molecule has 1 N–H and O–H groups in total. The molecule has 2 aromatic heterocycles. The highest BCUT2D eigenvalue weighted by atomic mass is 16.2. The van der Waals surface area contributed by atoms with Crippen LogP contribution in [0.1, 0.15) is 52.9 Å². The fourth-order valence-electron chi connectivity index (χ4n) is 6.46. The summed E-state index contributed by atoms with van der Waals surface area (Å²) in [6, 6.07) is 21.6. The van der Waals surface area contributed by atoms with Crippen molar-refractivity contribution in [2.24, 2.45) is 4.99 Å². The minimum absolute atomic E-state index is 0.00179. The van der Waals surface area contributed by atoms with Crippen molar-refractivity contribution in [3.05, 3.63) is 95.4 Å². The van der Waals surface area contributed by atoms with E-state index in [1.807, 2.05) is 19.2 Å². The average Bonchev–Trinajstić information content (AvgIpc) is 3.68. The maximum atomic E-state index is 14.0. The molecule has 1 amide bonds. The van der Waals surface area contributed by atoms with E-state index >= 15 is 0 Å². The Bertz CT molecular complexity index is 1560. The van der Waals surface area contributed by atoms with Crippen molar-refractivity contribution < 1.29 is 4.79 Å². The number of hydrogen-bond donors (Lipinski definition) is 1. The van der Waals surface area contributed by atoms with Gasteiger partial charge < -0.3 is 19.4 Å². The Morgan fingerprint density at radius 2 is 1.67 bits per heavy atom. The maximum Gasteiger partial charge on any atom is 0.266 e. The number of guanidine groups is 1. The number of nitrogens with zero attached hydrogens (tertiary/aromatic N) is 5. The lowest BCUT2D eigenvalue weighted by Crippen LogP contribution is -2.52. The van der Waals surface area contributed by atoms with E-state index in [0.717, 1.165) is 52.9 Å². The Hall–Kier alpha value is -4.26. The molecule has 2 aromatic carbocycles. The van der Waals surface area contributed by atoms with Gasteiger partial charge in [-0.25, -0.2) is 4.99 Å². The number of aliphatic imine (C=N–C) groups is 1. The molecule has 0 radical (unpaired) electrons. The lowest BCUT2D eigenvalue weighted by Gasteiger charge is -2.38. The Balaban J connectivity index is 1.35. The largest absolute Gasteiger partial charge is 0.341 e. The Kier molecular flexibility index (Phi) is 5.61. The van der Waals surface area contributed by atoms with Crippen LogP contribution < -0.4 is 10.2 Å². The van der Waals surface area contributed by atoms with Gasteiger partial charge in [-0.2, -0.15) is 0 Å². The van der Waals surface area contributed by atoms with Crippen LogP contribution in [-0.2, 0) is 6.54 Å². The maximum absolute atomic E-state index is 14.0. The van der Waals surface area contributed by atoms with Crippen LogP contribution in [-0.4, -0.2) is 45.0 Å². The normalized spacial score (nSPS) is 20.0. The van der Waals surface area contributed by atoms with Gasteiger partial charge in [0.25, 0.3) is 5.91 Å². The van der Waals surface area contributed by atoms with E-state index in [1.54, 1.807) is 4.90 Å². The Morgan fingerprint density at radius 3 is 2.41 bits per heavy atom. The average molecular weight is 519 g/mol. The van der Waals surface area contributed by atoms with Crippen molar-refractivity contribution in [1.29, 1.82) is 0 Å². The molecule has 1 saturated carbocycles. The summed E-state index contributed by atoms with van der Waals surface area (Å²) in [6.45, 7) is 4.90. The zero-order valence-corrected chi connectivity index (χ0v) is 22.8. The summed E-state index contributed by atoms with van der Waals surface area (Å²) in [7, 11) is 1.87. The van der Waals surface area contributed by atoms with Crippen molar-refractivity contribution in [3.8, 4) is 5.69 Å². The van der Waals surface area contributed by atoms with Crippen LogP contribution >= 0.6 is 0 Å². The first-order valence-electron chi connectivity index (χ1n) is 13.9. The summed E-state index contributed by atoms with van der Waals surface area (Å²) in [5.41, 5.74) is 7.33. The van der Waals surface area contributed by atoms with Crippen LogP contribution in [0.15, 0.2) is 78.0 Å². The van der Waals surface area contributed by atoms with E-state index in [0.29, 0.717) is 12.6 Å². The third-order valence-electron chi connectivity index (χ3n) is 8.57. The molecule has 1 fully saturated rings. The first-order chi connectivity index (χ1) is 19.0. The number of carbonyl (C=O) groups is 1. The highest BCUT2D eigenvalue weighted by molar-refractivity contribution is 6.22. The van der Waals surface area contributed by atoms with Gasteiger partial charge in [0, 0.05) is 43.1 Å². The van der Waals surface area contributed by atoms with Crippen molar-refractivity contribution in [1.82, 2.24) is 14.0 Å². The first-order valence-corrected chi connectivity index (χ1v) is 13.9. The molecule has 4 heterocycles. The summed E-state index contributed by atoms with van der Waals surface area (Å²) in [4.78, 5) is 23.2. The lowest BCUT2D eigenvalue weighted by atomic mass is 9.90. The molecule has 7 heteroatoms. The molecule has 39 heavy (non-hydrogen) atoms. The SMILES string of the molecule is Cc1ccc(Nc2c3c(c(C)n2Cc2ccc(-n4cccc4)cc2)N2C(=N[C@H]4CCCC[C@H]42)N(C)C3=O)cc1. The van der Waals surface area contributed by atoms with Gasteiger partial charge in [-0.05, 0) is 68.7 Å². The summed E-state index contributed by atoms with van der Waals surface area (Å²) in [5, 5.41) is 3.65. The summed E-state index contributed by atoms with van der Waals surface area (Å²) in [5.74, 6) is 1.65. The van der Waals surface area contributed by atoms with Gasteiger partial charge >= 0.3 is 0 Å². The third kappa shape index (κ3) is 3.87. The molecular formula is C32H34N6O. The number of benzene rings is 2. The topological polar surface area (TPSA) is 57.8 Å². The third-order valence-corrected chi connectivity index (χ3v) is 8.57. The number of fused-ring (bicyclic) bond motifs is 5. The molecular weight excluding hydrogens is 484 g/mol. The zero-order valence-electron chi connectivity index (χ0n) is 22.8. The van der Waals surface area contributed by atoms with Crippen molar-refractivity contribution in [2.75, 3.05) is 17.3 Å². The molecule has 0 unspecified atom stereocenters. The standard InChI is InChI=1S/C32H34N6O/c1-21-10-14-24(15-11-21)33-30-28-29(38-27-9-5-4-8-26(27)34-32(38)35(3)31(28)39)22(2)37(30)20-23-12-16-25(17-13-23)36-18-6-7-19-36/h6-7,10-19,26-27,33H,4-5,8-9,20H2,1-3H3/t26-,27+/m0/s1. The van der Waals surface area contributed by atoms with E-state index in [9.17, 15) is 4.79 Å². The van der Waals surface area contributed by atoms with E-state index < -0.39 is 0 Å². The molecule has 2 aliphatic heterocycles. The monoisotopic (exact) mass is 518 g/mol. The van der Waals surface area contributed by atoms with Gasteiger partial charge in [-0.15, -0.1) is 0 Å². The number of aromatic nitrogens is 2. The predicted octanol–water partition coefficient (Wildman–Crippen LogP) is 6.26. The van der Waals surface area contributed by atoms with Crippen molar-refractivity contribution >= 4 is 29.1 Å². The number of aryl methyl sites for hydroxylation is 1. The summed E-state index contributed by atoms with van der Waals surface area (Å²) >= 11 is 0. The number of anilines is 3. The highest BCUT2D eigenvalue weighted by Gasteiger charge is 2.48. The second-order valence-corrected chi connectivity index (χ2v) is 11.1. The molecule has 7 nitrogen and oxygen atoms in total. The second-order valence-electron chi connectivity index (χ2n) is 11.1. The van der Waals surface area contributed by atoms with Crippen LogP contribution in [0.3, 0.4) is 0 Å². The minimum Gasteiger partial charge on any atom is -0.341 e. The van der Waals surface area contributed by atoms with Crippen LogP contribution in [0, 0.1) is 13.8 Å². The number of hydrogen-bond acceptors (Lipinski definition) is 4. The summed E-state index contributed by atoms with van der Waals surface area (Å²) in [6.07, 6.45) is 8.71. The number of rotatable bonds is 5. The van der Waals surface area contributed by atoms with E-state index in [2.05, 4.69) is 94.1 Å². The van der Waals surface area contributed by atoms with Crippen LogP contribution in [0.4, 0.5) is 17.2 Å². The van der Waals surface area contributed by atoms with Crippen molar-refractivity contribution in [2.45, 2.75) is 58.2 Å². The molecule has 0 saturated heterocycles. The number of carbonyl (C=O) groups excluding carboxylic acids is 1. The Morgan fingerprint density at radius 1 is 0.949 bits per heavy atom. The van der Waals surface area contributed by atoms with Gasteiger partial charge in [-0.3, -0.25) is 9.69 Å². The molecule has 3 aliphatic rings. The zero-order chi connectivity index (χ0) is 26.7. The predicted molar refractivity (Wildman–Crippen MR) is 157 cm³/mol. The van der Waals surface area contributed by atoms with Gasteiger partial charge in [0.15, 0.2) is 0 Å². The molecule has 0 spiro atoms. The van der Waals surface area contributed by atoms with Crippen LogP contribution in [0.2, 0.25) is 0 Å². The number of nitrogens with one attached hydrogen (secondary N) is 1. The highest BCUT2D eigenvalue weighted by Crippen LogP contribution is 2.46. The fourth-order valence-corrected chi connectivity index (χ4v) is 6.46. The first kappa shape index (κ1) is 23.8. The quantitative estimate of drug-likeness (QED) is 0.339. The van der Waals surface area contributed by atoms with E-state index in [1.165, 1.54) is 24.0 Å². The number of amides is 1. The summed E-state index contributed by atoms with van der Waals surface area (Å²) < 4.78 is 4.39. The lowest BCUT2D eigenvalue weighted by molar-refractivity contribution is 0.0866. The van der Waals surface area contributed by atoms with Crippen molar-refractivity contribution in [3.63, 3.8) is 0 Å². The van der Waals surface area contributed by atoms with Gasteiger partial charge in [0.05, 0.1) is 17.8 Å². The minimum atomic E-state index is -0.00179. The van der Waals surface area contributed by atoms with Crippen LogP contribution in [0.25, 0.3) is 5.69 Å². The van der Waals surface area contributed by atoms with Gasteiger partial charge in [0.2, 0.25) is 5.96 Å². The molecule has 7 rings (SSSR count). The molecule has 1 aliphatic carbocycles. The van der Waals surface area contributed by atoms with E-state index in [-0.39, 0.29) is 11.9 Å². The molecule has 2 atom stereocenters. The van der Waals surface area contributed by atoms with Gasteiger partial charge in [0.1, 0.15) is 11.4 Å². The molecule has 198 valence electrons. The fraction of sp³-hybridized carbons (Fsp3) is 0.312. The van der Waals surface area contributed by atoms with E-state index in [4.69, 9.17) is 4.99 Å². The van der Waals surface area contributed by atoms with Gasteiger partial charge in [-0.1, -0.05) is 42.7 Å². The molecule has 4 aromatic rings. The smallest absolute Gasteiger partial charge is 0.266 e. The molecule has 0 bridgehead atoms.